The number of nitrogens with one attached hydrogen (secondary N) is 1. The monoisotopic (exact) mass is 256 g/mol. The van der Waals surface area contributed by atoms with Crippen LogP contribution in [-0.2, 0) is 19.1 Å². The Balaban J connectivity index is 2.23. The van der Waals surface area contributed by atoms with Gasteiger partial charge in [0.25, 0.3) is 0 Å². The lowest BCUT2D eigenvalue weighted by molar-refractivity contribution is -0.143. The Hall–Kier alpha value is -1.43. The number of imide groups is 1. The van der Waals surface area contributed by atoms with E-state index in [1.807, 2.05) is 0 Å². The SMILES string of the molecule is CCOC(=O)CCCNC1CC(=O)N(CC)C1=O. The van der Waals surface area contributed by atoms with Gasteiger partial charge >= 0.3 is 5.97 Å². The Kier molecular flexibility index (Phi) is 5.77. The maximum Gasteiger partial charge on any atom is 0.305 e. The topological polar surface area (TPSA) is 75.7 Å². The van der Waals surface area contributed by atoms with Crippen LogP contribution >= 0.6 is 0 Å². The summed E-state index contributed by atoms with van der Waals surface area (Å²) in [5, 5.41) is 3.00. The summed E-state index contributed by atoms with van der Waals surface area (Å²) in [7, 11) is 0. The lowest BCUT2D eigenvalue weighted by Crippen LogP contribution is -2.39. The minimum Gasteiger partial charge on any atom is -0.466 e. The van der Waals surface area contributed by atoms with Crippen molar-refractivity contribution in [2.75, 3.05) is 19.7 Å². The molecule has 1 fully saturated rings. The van der Waals surface area contributed by atoms with Gasteiger partial charge in [0.05, 0.1) is 19.1 Å². The molecule has 18 heavy (non-hydrogen) atoms. The molecule has 102 valence electrons. The fourth-order valence-electron chi connectivity index (χ4n) is 1.92. The fourth-order valence-corrected chi connectivity index (χ4v) is 1.92. The molecule has 1 saturated heterocycles. The third-order valence-corrected chi connectivity index (χ3v) is 2.81. The highest BCUT2D eigenvalue weighted by molar-refractivity contribution is 6.05. The predicted octanol–water partition coefficient (Wildman–Crippen LogP) is 0.0667. The molecule has 1 heterocycles. The fraction of sp³-hybridized carbons (Fsp3) is 0.750. The number of hydrogen-bond acceptors (Lipinski definition) is 5. The molecule has 1 aliphatic heterocycles. The molecule has 0 spiro atoms. The molecule has 1 atom stereocenters. The number of carbonyl (C=O) groups is 3. The maximum atomic E-state index is 11.7. The summed E-state index contributed by atoms with van der Waals surface area (Å²) in [6.07, 6.45) is 1.14. The lowest BCUT2D eigenvalue weighted by atomic mass is 10.2. The maximum absolute atomic E-state index is 11.7. The lowest BCUT2D eigenvalue weighted by Gasteiger charge is -2.12. The zero-order valence-electron chi connectivity index (χ0n) is 10.9. The number of hydrogen-bond donors (Lipinski definition) is 1. The van der Waals surface area contributed by atoms with Crippen LogP contribution in [0.15, 0.2) is 0 Å². The second-order valence-corrected chi connectivity index (χ2v) is 4.10. The first-order valence-corrected chi connectivity index (χ1v) is 6.33. The summed E-state index contributed by atoms with van der Waals surface area (Å²) in [5.74, 6) is -0.535. The van der Waals surface area contributed by atoms with Crippen LogP contribution in [-0.4, -0.2) is 48.4 Å². The van der Waals surface area contributed by atoms with Crippen molar-refractivity contribution in [3.63, 3.8) is 0 Å². The van der Waals surface area contributed by atoms with E-state index in [9.17, 15) is 14.4 Å². The van der Waals surface area contributed by atoms with Gasteiger partial charge in [-0.15, -0.1) is 0 Å². The molecule has 1 unspecified atom stereocenters. The van der Waals surface area contributed by atoms with Gasteiger partial charge < -0.3 is 10.1 Å². The Morgan fingerprint density at radius 2 is 2.17 bits per heavy atom. The molecule has 1 rings (SSSR count). The predicted molar refractivity (Wildman–Crippen MR) is 64.7 cm³/mol. The third kappa shape index (κ3) is 3.80. The van der Waals surface area contributed by atoms with Crippen molar-refractivity contribution in [2.45, 2.75) is 39.2 Å². The first-order chi connectivity index (χ1) is 8.60. The smallest absolute Gasteiger partial charge is 0.305 e. The molecule has 6 nitrogen and oxygen atoms in total. The van der Waals surface area contributed by atoms with Crippen molar-refractivity contribution < 1.29 is 19.1 Å². The van der Waals surface area contributed by atoms with Crippen LogP contribution in [0.3, 0.4) is 0 Å². The Morgan fingerprint density at radius 3 is 2.72 bits per heavy atom. The summed E-state index contributed by atoms with van der Waals surface area (Å²) in [6.45, 7) is 4.86. The van der Waals surface area contributed by atoms with Crippen LogP contribution in [0.5, 0.6) is 0 Å². The van der Waals surface area contributed by atoms with Crippen molar-refractivity contribution in [3.8, 4) is 0 Å². The van der Waals surface area contributed by atoms with E-state index in [1.165, 1.54) is 4.90 Å². The zero-order chi connectivity index (χ0) is 13.5. The average Bonchev–Trinajstić information content (AvgIpc) is 2.60. The molecule has 0 bridgehead atoms. The quantitative estimate of drug-likeness (QED) is 0.396. The van der Waals surface area contributed by atoms with Gasteiger partial charge in [-0.1, -0.05) is 0 Å². The molecule has 0 aromatic heterocycles. The van der Waals surface area contributed by atoms with Gasteiger partial charge in [0.2, 0.25) is 11.8 Å². The van der Waals surface area contributed by atoms with E-state index in [2.05, 4.69) is 5.32 Å². The molecular formula is C12H20N2O4. The molecule has 1 aliphatic rings. The number of likely N-dealkylation sites (N-methyl/N-ethyl adjacent to an activating group) is 1. The van der Waals surface area contributed by atoms with Gasteiger partial charge in [-0.25, -0.2) is 0 Å². The highest BCUT2D eigenvalue weighted by atomic mass is 16.5. The van der Waals surface area contributed by atoms with Gasteiger partial charge in [-0.05, 0) is 26.8 Å². The third-order valence-electron chi connectivity index (χ3n) is 2.81. The molecule has 2 amide bonds. The van der Waals surface area contributed by atoms with E-state index in [1.54, 1.807) is 13.8 Å². The molecule has 6 heteroatoms. The number of ether oxygens (including phenoxy) is 1. The number of esters is 1. The van der Waals surface area contributed by atoms with Gasteiger partial charge in [-0.3, -0.25) is 19.3 Å². The summed E-state index contributed by atoms with van der Waals surface area (Å²) < 4.78 is 4.79. The van der Waals surface area contributed by atoms with Crippen molar-refractivity contribution in [2.24, 2.45) is 0 Å². The molecule has 0 aromatic rings. The van der Waals surface area contributed by atoms with Crippen LogP contribution < -0.4 is 5.32 Å². The normalized spacial score (nSPS) is 19.4. The molecule has 1 N–H and O–H groups in total. The number of amides is 2. The summed E-state index contributed by atoms with van der Waals surface area (Å²) >= 11 is 0. The molecule has 0 saturated carbocycles. The van der Waals surface area contributed by atoms with Gasteiger partial charge in [-0.2, -0.15) is 0 Å². The molecule has 0 radical (unpaired) electrons. The Morgan fingerprint density at radius 1 is 1.44 bits per heavy atom. The molecule has 0 aromatic carbocycles. The van der Waals surface area contributed by atoms with Crippen molar-refractivity contribution in [1.29, 1.82) is 0 Å². The Labute approximate surface area is 107 Å². The van der Waals surface area contributed by atoms with Gasteiger partial charge in [0.15, 0.2) is 0 Å². The average molecular weight is 256 g/mol. The summed E-state index contributed by atoms with van der Waals surface area (Å²) in [4.78, 5) is 35.5. The number of nitrogens with zero attached hydrogens (tertiary/aromatic N) is 1. The van der Waals surface area contributed by atoms with E-state index in [0.29, 0.717) is 32.5 Å². The highest BCUT2D eigenvalue weighted by Gasteiger charge is 2.36. The second kappa shape index (κ2) is 7.10. The van der Waals surface area contributed by atoms with E-state index >= 15 is 0 Å². The molecule has 0 aliphatic carbocycles. The highest BCUT2D eigenvalue weighted by Crippen LogP contribution is 2.12. The van der Waals surface area contributed by atoms with E-state index in [4.69, 9.17) is 4.74 Å². The standard InChI is InChI=1S/C12H20N2O4/c1-3-14-10(15)8-9(12(14)17)13-7-5-6-11(16)18-4-2/h9,13H,3-8H2,1-2H3. The van der Waals surface area contributed by atoms with E-state index in [0.717, 1.165) is 0 Å². The summed E-state index contributed by atoms with van der Waals surface area (Å²) in [6, 6.07) is -0.431. The number of rotatable bonds is 7. The van der Waals surface area contributed by atoms with Crippen LogP contribution in [0.4, 0.5) is 0 Å². The van der Waals surface area contributed by atoms with Crippen molar-refractivity contribution >= 4 is 17.8 Å². The summed E-state index contributed by atoms with van der Waals surface area (Å²) in [5.41, 5.74) is 0. The van der Waals surface area contributed by atoms with Crippen molar-refractivity contribution in [3.05, 3.63) is 0 Å². The van der Waals surface area contributed by atoms with E-state index < -0.39 is 6.04 Å². The van der Waals surface area contributed by atoms with Gasteiger partial charge in [0.1, 0.15) is 0 Å². The Bertz CT molecular complexity index is 330. The molecular weight excluding hydrogens is 236 g/mol. The van der Waals surface area contributed by atoms with Crippen molar-refractivity contribution in [1.82, 2.24) is 10.2 Å². The van der Waals surface area contributed by atoms with Crippen LogP contribution in [0, 0.1) is 0 Å². The largest absolute Gasteiger partial charge is 0.466 e. The first-order valence-electron chi connectivity index (χ1n) is 6.33. The minimum absolute atomic E-state index is 0.134. The first kappa shape index (κ1) is 14.6. The van der Waals surface area contributed by atoms with Crippen LogP contribution in [0.25, 0.3) is 0 Å². The second-order valence-electron chi connectivity index (χ2n) is 4.10. The van der Waals surface area contributed by atoms with Crippen LogP contribution in [0.2, 0.25) is 0 Å². The van der Waals surface area contributed by atoms with Crippen LogP contribution in [0.1, 0.15) is 33.1 Å². The van der Waals surface area contributed by atoms with Gasteiger partial charge in [0, 0.05) is 13.0 Å². The zero-order valence-corrected chi connectivity index (χ0v) is 10.9. The minimum atomic E-state index is -0.431. The number of likely N-dealkylation sites (tertiary alicyclic amines) is 1. The van der Waals surface area contributed by atoms with E-state index in [-0.39, 0.29) is 24.2 Å². The number of carbonyl (C=O) groups excluding carboxylic acids is 3.